The van der Waals surface area contributed by atoms with E-state index in [0.717, 1.165) is 12.8 Å². The van der Waals surface area contributed by atoms with Crippen LogP contribution in [0.5, 0.6) is 0 Å². The fourth-order valence-electron chi connectivity index (χ4n) is 1.58. The van der Waals surface area contributed by atoms with Gasteiger partial charge in [0.25, 0.3) is 5.69 Å². The van der Waals surface area contributed by atoms with Crippen LogP contribution < -0.4 is 0 Å². The van der Waals surface area contributed by atoms with Gasteiger partial charge in [-0.1, -0.05) is 26.7 Å². The van der Waals surface area contributed by atoms with Gasteiger partial charge in [-0.2, -0.15) is 0 Å². The van der Waals surface area contributed by atoms with Crippen molar-refractivity contribution in [1.29, 1.82) is 0 Å². The highest BCUT2D eigenvalue weighted by Crippen LogP contribution is 2.26. The summed E-state index contributed by atoms with van der Waals surface area (Å²) in [5, 5.41) is 10.8. The summed E-state index contributed by atoms with van der Waals surface area (Å²) < 4.78 is 5.51. The van der Waals surface area contributed by atoms with Crippen molar-refractivity contribution in [3.8, 4) is 0 Å². The Labute approximate surface area is 120 Å². The Morgan fingerprint density at radius 3 is 2.58 bits per heavy atom. The molecule has 0 bridgehead atoms. The highest BCUT2D eigenvalue weighted by molar-refractivity contribution is 9.10. The lowest BCUT2D eigenvalue weighted by atomic mass is 10.1. The van der Waals surface area contributed by atoms with E-state index in [9.17, 15) is 14.9 Å². The molecule has 0 atom stereocenters. The summed E-state index contributed by atoms with van der Waals surface area (Å²) in [7, 11) is 0. The summed E-state index contributed by atoms with van der Waals surface area (Å²) >= 11 is 3.07. The first-order valence-corrected chi connectivity index (χ1v) is 6.89. The van der Waals surface area contributed by atoms with Crippen LogP contribution in [0.3, 0.4) is 0 Å². The molecule has 0 saturated heterocycles. The normalized spacial score (nSPS) is 10.5. The highest BCUT2D eigenvalue weighted by atomic mass is 79.9. The van der Waals surface area contributed by atoms with E-state index in [2.05, 4.69) is 15.9 Å². The molecule has 0 heterocycles. The predicted octanol–water partition coefficient (Wildman–Crippen LogP) is 3.95. The third-order valence-electron chi connectivity index (χ3n) is 2.98. The van der Waals surface area contributed by atoms with E-state index >= 15 is 0 Å². The number of nitro groups is 1. The lowest BCUT2D eigenvalue weighted by Gasteiger charge is -2.12. The highest BCUT2D eigenvalue weighted by Gasteiger charge is 2.17. The number of ether oxygens (including phenoxy) is 1. The predicted molar refractivity (Wildman–Crippen MR) is 75.2 cm³/mol. The average Bonchev–Trinajstić information content (AvgIpc) is 2.39. The maximum atomic E-state index is 11.8. The minimum absolute atomic E-state index is 0.142. The fraction of sp³-hybridized carbons (Fsp3) is 0.462. The molecule has 0 aliphatic rings. The van der Waals surface area contributed by atoms with Gasteiger partial charge in [-0.25, -0.2) is 4.79 Å². The molecule has 0 amide bonds. The van der Waals surface area contributed by atoms with Crippen molar-refractivity contribution >= 4 is 27.6 Å². The minimum atomic E-state index is -0.540. The average molecular weight is 330 g/mol. The number of nitrogens with zero attached hydrogens (tertiary/aromatic N) is 1. The molecule has 0 saturated carbocycles. The summed E-state index contributed by atoms with van der Waals surface area (Å²) in [5.41, 5.74) is 0.0536. The monoisotopic (exact) mass is 329 g/mol. The standard InChI is InChI=1S/C13H16BrNO4/c1-3-9(4-2)8-19-13(16)10-5-6-11(14)12(7-10)15(17)18/h5-7,9H,3-4,8H2,1-2H3. The van der Waals surface area contributed by atoms with E-state index in [1.54, 1.807) is 0 Å². The summed E-state index contributed by atoms with van der Waals surface area (Å²) in [4.78, 5) is 22.0. The van der Waals surface area contributed by atoms with Crippen molar-refractivity contribution in [1.82, 2.24) is 0 Å². The van der Waals surface area contributed by atoms with Crippen molar-refractivity contribution in [2.75, 3.05) is 6.61 Å². The van der Waals surface area contributed by atoms with Gasteiger partial charge in [0.1, 0.15) is 0 Å². The van der Waals surface area contributed by atoms with Gasteiger partial charge in [-0.3, -0.25) is 10.1 Å². The van der Waals surface area contributed by atoms with Crippen LogP contribution >= 0.6 is 15.9 Å². The molecule has 0 aliphatic heterocycles. The van der Waals surface area contributed by atoms with Crippen molar-refractivity contribution in [2.45, 2.75) is 26.7 Å². The van der Waals surface area contributed by atoms with Gasteiger partial charge in [0.2, 0.25) is 0 Å². The molecule has 0 unspecified atom stereocenters. The SMILES string of the molecule is CCC(CC)COC(=O)c1ccc(Br)c([N+](=O)[O-])c1. The van der Waals surface area contributed by atoms with E-state index < -0.39 is 10.9 Å². The van der Waals surface area contributed by atoms with Crippen LogP contribution in [0.4, 0.5) is 5.69 Å². The third kappa shape index (κ3) is 4.31. The Morgan fingerprint density at radius 1 is 1.42 bits per heavy atom. The molecular weight excluding hydrogens is 314 g/mol. The van der Waals surface area contributed by atoms with Gasteiger partial charge in [-0.05, 0) is 34.0 Å². The van der Waals surface area contributed by atoms with E-state index in [1.807, 2.05) is 13.8 Å². The number of esters is 1. The Hall–Kier alpha value is -1.43. The Balaban J connectivity index is 2.77. The Kier molecular flexibility index (Phi) is 5.95. The van der Waals surface area contributed by atoms with Gasteiger partial charge in [0.05, 0.1) is 21.6 Å². The summed E-state index contributed by atoms with van der Waals surface area (Å²) in [6.45, 7) is 4.41. The number of hydrogen-bond acceptors (Lipinski definition) is 4. The molecule has 5 nitrogen and oxygen atoms in total. The summed E-state index contributed by atoms with van der Waals surface area (Å²) in [6.07, 6.45) is 1.87. The quantitative estimate of drug-likeness (QED) is 0.450. The Morgan fingerprint density at radius 2 is 2.05 bits per heavy atom. The number of nitro benzene ring substituents is 1. The van der Waals surface area contributed by atoms with Crippen LogP contribution in [0.1, 0.15) is 37.0 Å². The molecule has 6 heteroatoms. The summed E-state index contributed by atoms with van der Waals surface area (Å²) in [5.74, 6) is -0.197. The molecule has 1 aromatic carbocycles. The van der Waals surface area contributed by atoms with Crippen LogP contribution in [0.25, 0.3) is 0 Å². The molecule has 1 aromatic rings. The van der Waals surface area contributed by atoms with Gasteiger partial charge in [0, 0.05) is 6.07 Å². The van der Waals surface area contributed by atoms with Crippen LogP contribution in [-0.4, -0.2) is 17.5 Å². The second-order valence-electron chi connectivity index (χ2n) is 4.20. The first kappa shape index (κ1) is 15.6. The Bertz CT molecular complexity index is 472. The van der Waals surface area contributed by atoms with Gasteiger partial charge in [0.15, 0.2) is 0 Å². The lowest BCUT2D eigenvalue weighted by Crippen LogP contribution is -2.13. The first-order chi connectivity index (χ1) is 8.99. The zero-order valence-electron chi connectivity index (χ0n) is 10.9. The van der Waals surface area contributed by atoms with Gasteiger partial charge >= 0.3 is 5.97 Å². The molecule has 0 N–H and O–H groups in total. The maximum absolute atomic E-state index is 11.8. The number of rotatable bonds is 6. The lowest BCUT2D eigenvalue weighted by molar-refractivity contribution is -0.385. The molecule has 19 heavy (non-hydrogen) atoms. The second kappa shape index (κ2) is 7.23. The zero-order chi connectivity index (χ0) is 14.4. The van der Waals surface area contributed by atoms with E-state index in [0.29, 0.717) is 17.0 Å². The van der Waals surface area contributed by atoms with Crippen LogP contribution in [-0.2, 0) is 4.74 Å². The molecule has 0 fully saturated rings. The van der Waals surface area contributed by atoms with Crippen molar-refractivity contribution in [2.24, 2.45) is 5.92 Å². The molecule has 0 spiro atoms. The maximum Gasteiger partial charge on any atom is 0.338 e. The third-order valence-corrected chi connectivity index (χ3v) is 3.65. The van der Waals surface area contributed by atoms with Crippen molar-refractivity contribution in [3.63, 3.8) is 0 Å². The molecule has 1 rings (SSSR count). The number of halogens is 1. The number of benzene rings is 1. The van der Waals surface area contributed by atoms with E-state index in [1.165, 1.54) is 18.2 Å². The van der Waals surface area contributed by atoms with Gasteiger partial charge < -0.3 is 4.74 Å². The zero-order valence-corrected chi connectivity index (χ0v) is 12.5. The van der Waals surface area contributed by atoms with Crippen LogP contribution in [0.15, 0.2) is 22.7 Å². The number of carbonyl (C=O) groups is 1. The first-order valence-electron chi connectivity index (χ1n) is 6.10. The number of carbonyl (C=O) groups excluding carboxylic acids is 1. The van der Waals surface area contributed by atoms with Crippen LogP contribution in [0.2, 0.25) is 0 Å². The second-order valence-corrected chi connectivity index (χ2v) is 5.06. The largest absolute Gasteiger partial charge is 0.462 e. The smallest absolute Gasteiger partial charge is 0.338 e. The minimum Gasteiger partial charge on any atom is -0.462 e. The summed E-state index contributed by atoms with van der Waals surface area (Å²) in [6, 6.07) is 4.21. The van der Waals surface area contributed by atoms with Crippen molar-refractivity contribution in [3.05, 3.63) is 38.3 Å². The molecular formula is C13H16BrNO4. The van der Waals surface area contributed by atoms with Crippen LogP contribution in [0, 0.1) is 16.0 Å². The van der Waals surface area contributed by atoms with Gasteiger partial charge in [-0.15, -0.1) is 0 Å². The van der Waals surface area contributed by atoms with E-state index in [4.69, 9.17) is 4.74 Å². The number of hydrogen-bond donors (Lipinski definition) is 0. The van der Waals surface area contributed by atoms with Crippen molar-refractivity contribution < 1.29 is 14.5 Å². The molecule has 0 aliphatic carbocycles. The topological polar surface area (TPSA) is 69.4 Å². The molecule has 104 valence electrons. The fourth-order valence-corrected chi connectivity index (χ4v) is 1.97. The molecule has 0 radical (unpaired) electrons. The van der Waals surface area contributed by atoms with E-state index in [-0.39, 0.29) is 11.3 Å². The molecule has 0 aromatic heterocycles.